The van der Waals surface area contributed by atoms with E-state index in [1.807, 2.05) is 0 Å². The van der Waals surface area contributed by atoms with Crippen molar-refractivity contribution in [3.05, 3.63) is 0 Å². The Hall–Kier alpha value is -0.840. The van der Waals surface area contributed by atoms with Crippen molar-refractivity contribution in [2.24, 2.45) is 0 Å². The molecule has 0 saturated carbocycles. The minimum absolute atomic E-state index is 0.190. The second-order valence-corrected chi connectivity index (χ2v) is 0.900. The largest absolute Gasteiger partial charge is 0.448 e. The molecule has 0 unspecified atom stereocenters. The van der Waals surface area contributed by atoms with Gasteiger partial charge in [0.05, 0.1) is 6.61 Å². The number of hydroxylamine groups is 1. The number of halogens is 1. The van der Waals surface area contributed by atoms with Crippen LogP contribution in [0.15, 0.2) is 0 Å². The lowest BCUT2D eigenvalue weighted by atomic mass is 10.9. The van der Waals surface area contributed by atoms with Gasteiger partial charge in [0.15, 0.2) is 0 Å². The summed E-state index contributed by atoms with van der Waals surface area (Å²) in [5.41, 5.74) is 1.32. The monoisotopic (exact) mass is 123 g/mol. The number of ether oxygens (including phenoxy) is 1. The normalized spacial score (nSPS) is 8.25. The number of carbonyl (C=O) groups excluding carboxylic acids is 1. The first-order valence-electron chi connectivity index (χ1n) is 2.01. The van der Waals surface area contributed by atoms with Gasteiger partial charge in [-0.15, -0.1) is 0 Å². The molecule has 0 aliphatic rings. The van der Waals surface area contributed by atoms with Gasteiger partial charge in [-0.2, -0.15) is 5.48 Å². The van der Waals surface area contributed by atoms with Crippen LogP contribution in [0.1, 0.15) is 6.92 Å². The van der Waals surface area contributed by atoms with Crippen LogP contribution in [-0.4, -0.2) is 12.7 Å². The summed E-state index contributed by atoms with van der Waals surface area (Å²) in [4.78, 5) is 9.94. The van der Waals surface area contributed by atoms with Crippen molar-refractivity contribution in [3.8, 4) is 0 Å². The molecule has 5 heteroatoms. The SMILES string of the molecule is CCOC(=O)NOF. The molecule has 4 nitrogen and oxygen atoms in total. The molecule has 1 amide bonds. The van der Waals surface area contributed by atoms with E-state index in [9.17, 15) is 9.32 Å². The molecule has 0 aromatic heterocycles. The summed E-state index contributed by atoms with van der Waals surface area (Å²) in [7, 11) is 0. The third-order valence-electron chi connectivity index (χ3n) is 0.397. The molecule has 48 valence electrons. The predicted octanol–water partition coefficient (Wildman–Crippen LogP) is 0.549. The topological polar surface area (TPSA) is 47.6 Å². The van der Waals surface area contributed by atoms with Crippen molar-refractivity contribution in [2.75, 3.05) is 6.61 Å². The number of hydrogen-bond acceptors (Lipinski definition) is 3. The minimum Gasteiger partial charge on any atom is -0.448 e. The Labute approximate surface area is 45.4 Å². The van der Waals surface area contributed by atoms with Gasteiger partial charge in [-0.05, 0) is 11.4 Å². The van der Waals surface area contributed by atoms with Gasteiger partial charge in [0, 0.05) is 0 Å². The van der Waals surface area contributed by atoms with Crippen LogP contribution in [0.3, 0.4) is 0 Å². The van der Waals surface area contributed by atoms with Crippen LogP contribution in [0.4, 0.5) is 9.32 Å². The lowest BCUT2D eigenvalue weighted by molar-refractivity contribution is -0.181. The summed E-state index contributed by atoms with van der Waals surface area (Å²) >= 11 is 0. The molecule has 0 aliphatic heterocycles. The summed E-state index contributed by atoms with van der Waals surface area (Å²) in [6, 6.07) is 0. The van der Waals surface area contributed by atoms with E-state index in [2.05, 4.69) is 9.78 Å². The van der Waals surface area contributed by atoms with Gasteiger partial charge in [-0.25, -0.2) is 4.79 Å². The first-order valence-corrected chi connectivity index (χ1v) is 2.01. The molecule has 0 aromatic carbocycles. The Kier molecular flexibility index (Phi) is 3.87. The average molecular weight is 123 g/mol. The fourth-order valence-electron chi connectivity index (χ4n) is 0.192. The summed E-state index contributed by atoms with van der Waals surface area (Å²) in [5, 5.41) is 2.73. The standard InChI is InChI=1S/C3H6FNO3/c1-2-7-3(6)5-8-4/h2H2,1H3,(H,5,6). The number of hydrogen-bond donors (Lipinski definition) is 1. The van der Waals surface area contributed by atoms with Crippen LogP contribution in [-0.2, 0) is 9.78 Å². The van der Waals surface area contributed by atoms with Gasteiger partial charge >= 0.3 is 6.09 Å². The zero-order chi connectivity index (χ0) is 6.41. The molecule has 8 heavy (non-hydrogen) atoms. The van der Waals surface area contributed by atoms with Crippen molar-refractivity contribution in [1.82, 2.24) is 5.48 Å². The third kappa shape index (κ3) is 3.35. The molecule has 0 bridgehead atoms. The van der Waals surface area contributed by atoms with Crippen LogP contribution >= 0.6 is 0 Å². The molecule has 1 N–H and O–H groups in total. The van der Waals surface area contributed by atoms with Crippen molar-refractivity contribution in [3.63, 3.8) is 0 Å². The van der Waals surface area contributed by atoms with Gasteiger partial charge in [0.2, 0.25) is 0 Å². The number of rotatable bonds is 2. The van der Waals surface area contributed by atoms with Crippen LogP contribution < -0.4 is 5.48 Å². The van der Waals surface area contributed by atoms with Gasteiger partial charge < -0.3 is 4.74 Å². The molecule has 0 radical (unpaired) electrons. The molecule has 0 spiro atoms. The zero-order valence-corrected chi connectivity index (χ0v) is 4.31. The molecule has 0 fully saturated rings. The predicted molar refractivity (Wildman–Crippen MR) is 22.4 cm³/mol. The van der Waals surface area contributed by atoms with Crippen LogP contribution in [0.2, 0.25) is 0 Å². The average Bonchev–Trinajstić information content (AvgIpc) is 1.68. The van der Waals surface area contributed by atoms with E-state index >= 15 is 0 Å². The fourth-order valence-corrected chi connectivity index (χ4v) is 0.192. The second kappa shape index (κ2) is 4.32. The first kappa shape index (κ1) is 7.16. The Morgan fingerprint density at radius 1 is 1.88 bits per heavy atom. The van der Waals surface area contributed by atoms with Crippen molar-refractivity contribution >= 4 is 6.09 Å². The number of amides is 1. The highest BCUT2D eigenvalue weighted by Crippen LogP contribution is 1.74. The van der Waals surface area contributed by atoms with Crippen molar-refractivity contribution in [2.45, 2.75) is 6.92 Å². The maximum Gasteiger partial charge on any atom is 0.433 e. The highest BCUT2D eigenvalue weighted by atomic mass is 19.3. The van der Waals surface area contributed by atoms with E-state index in [-0.39, 0.29) is 6.61 Å². The molecule has 0 rings (SSSR count). The fraction of sp³-hybridized carbons (Fsp3) is 0.667. The van der Waals surface area contributed by atoms with Gasteiger partial charge in [-0.1, -0.05) is 5.04 Å². The Bertz CT molecular complexity index is 68.9. The van der Waals surface area contributed by atoms with Crippen LogP contribution in [0.5, 0.6) is 0 Å². The van der Waals surface area contributed by atoms with Crippen LogP contribution in [0, 0.1) is 0 Å². The molecule has 0 aromatic rings. The Morgan fingerprint density at radius 2 is 2.50 bits per heavy atom. The maximum atomic E-state index is 10.7. The molecular formula is C3H6FNO3. The molecule has 0 saturated heterocycles. The van der Waals surface area contributed by atoms with E-state index in [1.54, 1.807) is 6.92 Å². The van der Waals surface area contributed by atoms with Gasteiger partial charge in [-0.3, -0.25) is 0 Å². The third-order valence-corrected chi connectivity index (χ3v) is 0.397. The summed E-state index contributed by atoms with van der Waals surface area (Å²) < 4.78 is 14.8. The van der Waals surface area contributed by atoms with Gasteiger partial charge in [0.1, 0.15) is 0 Å². The first-order chi connectivity index (χ1) is 3.81. The molecule has 0 aliphatic carbocycles. The summed E-state index contributed by atoms with van der Waals surface area (Å²) in [6.45, 7) is 1.78. The highest BCUT2D eigenvalue weighted by molar-refractivity contribution is 5.65. The highest BCUT2D eigenvalue weighted by Gasteiger charge is 1.96. The van der Waals surface area contributed by atoms with E-state index in [0.717, 1.165) is 0 Å². The maximum absolute atomic E-state index is 10.7. The Morgan fingerprint density at radius 3 is 2.88 bits per heavy atom. The molecule has 0 heterocycles. The minimum atomic E-state index is -0.935. The van der Waals surface area contributed by atoms with E-state index < -0.39 is 6.09 Å². The van der Waals surface area contributed by atoms with E-state index in [0.29, 0.717) is 0 Å². The second-order valence-electron chi connectivity index (χ2n) is 0.900. The zero-order valence-electron chi connectivity index (χ0n) is 4.31. The van der Waals surface area contributed by atoms with Gasteiger partial charge in [0.25, 0.3) is 0 Å². The number of nitrogens with one attached hydrogen (secondary N) is 1. The summed E-state index contributed by atoms with van der Waals surface area (Å²) in [5.74, 6) is 0. The lowest BCUT2D eigenvalue weighted by Gasteiger charge is -1.96. The number of carbonyl (C=O) groups is 1. The molecular weight excluding hydrogens is 117 g/mol. The van der Waals surface area contributed by atoms with E-state index in [1.165, 1.54) is 5.48 Å². The van der Waals surface area contributed by atoms with E-state index in [4.69, 9.17) is 0 Å². The summed E-state index contributed by atoms with van der Waals surface area (Å²) in [6.07, 6.45) is -0.935. The smallest absolute Gasteiger partial charge is 0.433 e. The molecule has 0 atom stereocenters. The van der Waals surface area contributed by atoms with Crippen molar-refractivity contribution in [1.29, 1.82) is 0 Å². The van der Waals surface area contributed by atoms with Crippen LogP contribution in [0.25, 0.3) is 0 Å². The quantitative estimate of drug-likeness (QED) is 0.545. The Balaban J connectivity index is 3.06. The lowest BCUT2D eigenvalue weighted by Crippen LogP contribution is -2.21. The van der Waals surface area contributed by atoms with Crippen molar-refractivity contribution < 1.29 is 19.1 Å².